The highest BCUT2D eigenvalue weighted by Gasteiger charge is 2.17. The lowest BCUT2D eigenvalue weighted by Gasteiger charge is -2.23. The molecule has 0 saturated heterocycles. The minimum absolute atomic E-state index is 0.141. The Morgan fingerprint density at radius 2 is 1.65 bits per heavy atom. The molecule has 0 amide bonds. The van der Waals surface area contributed by atoms with Gasteiger partial charge in [-0.3, -0.25) is 0 Å². The first-order valence-corrected chi connectivity index (χ1v) is 7.16. The molecule has 0 aromatic heterocycles. The van der Waals surface area contributed by atoms with Crippen LogP contribution < -0.4 is 4.74 Å². The van der Waals surface area contributed by atoms with Gasteiger partial charge in [-0.15, -0.1) is 0 Å². The highest BCUT2D eigenvalue weighted by Crippen LogP contribution is 2.27. The smallest absolute Gasteiger partial charge is 0.122 e. The third kappa shape index (κ3) is 3.41. The lowest BCUT2D eigenvalue weighted by molar-refractivity contribution is 0.300. The molecule has 0 atom stereocenters. The maximum atomic E-state index is 6.01. The molecule has 0 unspecified atom stereocenters. The topological polar surface area (TPSA) is 9.23 Å². The van der Waals surface area contributed by atoms with Crippen molar-refractivity contribution in [1.82, 2.24) is 0 Å². The fourth-order valence-electron chi connectivity index (χ4n) is 2.49. The molecule has 0 aliphatic heterocycles. The highest BCUT2D eigenvalue weighted by molar-refractivity contribution is 5.37. The molecule has 2 aromatic rings. The summed E-state index contributed by atoms with van der Waals surface area (Å²) >= 11 is 0. The lowest BCUT2D eigenvalue weighted by Crippen LogP contribution is -2.15. The Balaban J connectivity index is 2.19. The predicted octanol–water partition coefficient (Wildman–Crippen LogP) is 5.18. The number of hydrogen-bond acceptors (Lipinski definition) is 1. The van der Waals surface area contributed by atoms with E-state index in [4.69, 9.17) is 4.74 Å². The summed E-state index contributed by atoms with van der Waals surface area (Å²) in [4.78, 5) is 0. The molecule has 0 bridgehead atoms. The van der Waals surface area contributed by atoms with Gasteiger partial charge >= 0.3 is 0 Å². The zero-order valence-electron chi connectivity index (χ0n) is 13.2. The Labute approximate surface area is 122 Å². The fourth-order valence-corrected chi connectivity index (χ4v) is 2.49. The molecule has 1 heteroatoms. The second-order valence-electron chi connectivity index (χ2n) is 6.46. The second kappa shape index (κ2) is 5.70. The first-order chi connectivity index (χ1) is 9.38. The lowest BCUT2D eigenvalue weighted by atomic mass is 9.84. The number of rotatable bonds is 3. The molecule has 2 aromatic carbocycles. The van der Waals surface area contributed by atoms with E-state index in [0.717, 1.165) is 5.75 Å². The van der Waals surface area contributed by atoms with Crippen molar-refractivity contribution in [1.29, 1.82) is 0 Å². The van der Waals surface area contributed by atoms with Crippen molar-refractivity contribution in [2.45, 2.75) is 46.6 Å². The summed E-state index contributed by atoms with van der Waals surface area (Å²) in [7, 11) is 0. The van der Waals surface area contributed by atoms with Gasteiger partial charge in [0.25, 0.3) is 0 Å². The van der Waals surface area contributed by atoms with Gasteiger partial charge in [-0.1, -0.05) is 62.7 Å². The van der Waals surface area contributed by atoms with E-state index in [1.165, 1.54) is 22.3 Å². The van der Waals surface area contributed by atoms with Crippen molar-refractivity contribution < 1.29 is 4.74 Å². The van der Waals surface area contributed by atoms with Crippen LogP contribution in [0.5, 0.6) is 5.75 Å². The summed E-state index contributed by atoms with van der Waals surface area (Å²) in [6.45, 7) is 11.5. The summed E-state index contributed by atoms with van der Waals surface area (Å²) in [5.74, 6) is 0.972. The molecule has 0 fully saturated rings. The monoisotopic (exact) mass is 268 g/mol. The molecule has 2 rings (SSSR count). The average molecular weight is 268 g/mol. The predicted molar refractivity (Wildman–Crippen MR) is 85.4 cm³/mol. The quantitative estimate of drug-likeness (QED) is 0.745. The molecule has 0 aliphatic rings. The molecule has 106 valence electrons. The van der Waals surface area contributed by atoms with Crippen LogP contribution in [0.15, 0.2) is 42.5 Å². The minimum Gasteiger partial charge on any atom is -0.489 e. The van der Waals surface area contributed by atoms with Crippen molar-refractivity contribution in [3.63, 3.8) is 0 Å². The molecule has 0 aliphatic carbocycles. The Bertz CT molecular complexity index is 591. The van der Waals surface area contributed by atoms with Crippen molar-refractivity contribution in [3.05, 3.63) is 64.7 Å². The molecule has 1 nitrogen and oxygen atoms in total. The summed E-state index contributed by atoms with van der Waals surface area (Å²) in [5, 5.41) is 0. The van der Waals surface area contributed by atoms with Crippen LogP contribution in [0.2, 0.25) is 0 Å². The van der Waals surface area contributed by atoms with Crippen LogP contribution in [0.25, 0.3) is 0 Å². The molecule has 0 N–H and O–H groups in total. The first kappa shape index (κ1) is 14.6. The van der Waals surface area contributed by atoms with Crippen LogP contribution in [0.4, 0.5) is 0 Å². The highest BCUT2D eigenvalue weighted by atomic mass is 16.5. The summed E-state index contributed by atoms with van der Waals surface area (Å²) in [6, 6.07) is 14.8. The van der Waals surface area contributed by atoms with E-state index < -0.39 is 0 Å². The van der Waals surface area contributed by atoms with Crippen LogP contribution in [0, 0.1) is 13.8 Å². The SMILES string of the molecule is Cc1ccc(OCc2ccccc2C(C)(C)C)c(C)c1. The van der Waals surface area contributed by atoms with Crippen LogP contribution in [0.3, 0.4) is 0 Å². The van der Waals surface area contributed by atoms with Gasteiger partial charge in [0.15, 0.2) is 0 Å². The summed E-state index contributed by atoms with van der Waals surface area (Å²) < 4.78 is 6.01. The average Bonchev–Trinajstić information content (AvgIpc) is 2.37. The molecule has 0 heterocycles. The van der Waals surface area contributed by atoms with E-state index in [2.05, 4.69) is 77.1 Å². The molecular weight excluding hydrogens is 244 g/mol. The molecular formula is C19H24O. The normalized spacial score (nSPS) is 11.4. The Morgan fingerprint density at radius 3 is 2.30 bits per heavy atom. The Morgan fingerprint density at radius 1 is 0.950 bits per heavy atom. The molecule has 20 heavy (non-hydrogen) atoms. The number of ether oxygens (including phenoxy) is 1. The fraction of sp³-hybridized carbons (Fsp3) is 0.368. The number of aryl methyl sites for hydroxylation is 2. The summed E-state index contributed by atoms with van der Waals surface area (Å²) in [6.07, 6.45) is 0. The second-order valence-corrected chi connectivity index (χ2v) is 6.46. The summed E-state index contributed by atoms with van der Waals surface area (Å²) in [5.41, 5.74) is 5.22. The zero-order valence-corrected chi connectivity index (χ0v) is 13.2. The van der Waals surface area contributed by atoms with Crippen LogP contribution in [-0.4, -0.2) is 0 Å². The Kier molecular flexibility index (Phi) is 4.17. The van der Waals surface area contributed by atoms with Gasteiger partial charge in [0.1, 0.15) is 12.4 Å². The van der Waals surface area contributed by atoms with E-state index in [0.29, 0.717) is 6.61 Å². The minimum atomic E-state index is 0.141. The maximum Gasteiger partial charge on any atom is 0.122 e. The van der Waals surface area contributed by atoms with Crippen molar-refractivity contribution >= 4 is 0 Å². The number of hydrogen-bond donors (Lipinski definition) is 0. The van der Waals surface area contributed by atoms with Gasteiger partial charge in [0, 0.05) is 0 Å². The van der Waals surface area contributed by atoms with E-state index in [9.17, 15) is 0 Å². The molecule has 0 saturated carbocycles. The Hall–Kier alpha value is -1.76. The van der Waals surface area contributed by atoms with Crippen LogP contribution >= 0.6 is 0 Å². The van der Waals surface area contributed by atoms with E-state index in [1.807, 2.05) is 0 Å². The third-order valence-corrected chi connectivity index (χ3v) is 3.54. The van der Waals surface area contributed by atoms with E-state index in [-0.39, 0.29) is 5.41 Å². The van der Waals surface area contributed by atoms with Gasteiger partial charge in [0.2, 0.25) is 0 Å². The van der Waals surface area contributed by atoms with Crippen molar-refractivity contribution in [2.75, 3.05) is 0 Å². The van der Waals surface area contributed by atoms with Gasteiger partial charge in [0.05, 0.1) is 0 Å². The van der Waals surface area contributed by atoms with Crippen LogP contribution in [-0.2, 0) is 12.0 Å². The first-order valence-electron chi connectivity index (χ1n) is 7.16. The van der Waals surface area contributed by atoms with Gasteiger partial charge in [-0.2, -0.15) is 0 Å². The van der Waals surface area contributed by atoms with Crippen molar-refractivity contribution in [2.24, 2.45) is 0 Å². The molecule has 0 spiro atoms. The molecule has 0 radical (unpaired) electrons. The van der Waals surface area contributed by atoms with Gasteiger partial charge in [-0.05, 0) is 42.0 Å². The zero-order chi connectivity index (χ0) is 14.8. The van der Waals surface area contributed by atoms with Gasteiger partial charge in [-0.25, -0.2) is 0 Å². The number of benzene rings is 2. The maximum absolute atomic E-state index is 6.01. The third-order valence-electron chi connectivity index (χ3n) is 3.54. The van der Waals surface area contributed by atoms with E-state index >= 15 is 0 Å². The van der Waals surface area contributed by atoms with Gasteiger partial charge < -0.3 is 4.74 Å². The van der Waals surface area contributed by atoms with E-state index in [1.54, 1.807) is 0 Å². The largest absolute Gasteiger partial charge is 0.489 e. The van der Waals surface area contributed by atoms with Crippen molar-refractivity contribution in [3.8, 4) is 5.75 Å². The van der Waals surface area contributed by atoms with Crippen LogP contribution in [0.1, 0.15) is 43.0 Å². The standard InChI is InChI=1S/C19H24O/c1-14-10-11-18(15(2)12-14)20-13-16-8-6-7-9-17(16)19(3,4)5/h6-12H,13H2,1-5H3.